The number of nitrogens with one attached hydrogen (secondary N) is 1. The minimum Gasteiger partial charge on any atom is -0.480 e. The lowest BCUT2D eigenvalue weighted by molar-refractivity contribution is -0.146. The van der Waals surface area contributed by atoms with Crippen molar-refractivity contribution in [1.82, 2.24) is 10.2 Å². The molecule has 0 aliphatic carbocycles. The van der Waals surface area contributed by atoms with E-state index in [2.05, 4.69) is 5.32 Å². The van der Waals surface area contributed by atoms with Crippen LogP contribution >= 0.6 is 0 Å². The standard InChI is InChI=1S/C10H16N2O4/c1-6(2)11-10(16)12-4-3-7(13)5-8(12)9(14)15/h6,8H,3-5H2,1-2H3,(H,11,16)(H,14,15). The number of piperidine rings is 1. The lowest BCUT2D eigenvalue weighted by Gasteiger charge is -2.32. The van der Waals surface area contributed by atoms with Gasteiger partial charge in [0.1, 0.15) is 11.8 Å². The van der Waals surface area contributed by atoms with Gasteiger partial charge in [-0.05, 0) is 13.8 Å². The Morgan fingerprint density at radius 2 is 2.12 bits per heavy atom. The van der Waals surface area contributed by atoms with E-state index in [0.29, 0.717) is 0 Å². The molecule has 1 aliphatic heterocycles. The van der Waals surface area contributed by atoms with Crippen LogP contribution in [0, 0.1) is 0 Å². The third-order valence-electron chi connectivity index (χ3n) is 2.39. The summed E-state index contributed by atoms with van der Waals surface area (Å²) in [5.41, 5.74) is 0. The van der Waals surface area contributed by atoms with Gasteiger partial charge in [0, 0.05) is 25.4 Å². The van der Waals surface area contributed by atoms with Crippen molar-refractivity contribution >= 4 is 17.8 Å². The van der Waals surface area contributed by atoms with Gasteiger partial charge in [0.15, 0.2) is 0 Å². The predicted molar refractivity (Wildman–Crippen MR) is 56.0 cm³/mol. The molecular formula is C10H16N2O4. The summed E-state index contributed by atoms with van der Waals surface area (Å²) in [7, 11) is 0. The maximum absolute atomic E-state index is 11.7. The van der Waals surface area contributed by atoms with E-state index in [1.165, 1.54) is 4.90 Å². The first-order valence-corrected chi connectivity index (χ1v) is 5.23. The van der Waals surface area contributed by atoms with E-state index in [4.69, 9.17) is 5.11 Å². The zero-order valence-electron chi connectivity index (χ0n) is 9.40. The Morgan fingerprint density at radius 1 is 1.50 bits per heavy atom. The fourth-order valence-corrected chi connectivity index (χ4v) is 1.62. The monoisotopic (exact) mass is 228 g/mol. The van der Waals surface area contributed by atoms with Crippen LogP contribution in [-0.4, -0.2) is 46.4 Å². The SMILES string of the molecule is CC(C)NC(=O)N1CCC(=O)CC1C(=O)O. The third kappa shape index (κ3) is 2.95. The van der Waals surface area contributed by atoms with Gasteiger partial charge < -0.3 is 15.3 Å². The molecule has 1 atom stereocenters. The highest BCUT2D eigenvalue weighted by molar-refractivity contribution is 5.91. The topological polar surface area (TPSA) is 86.7 Å². The number of ketones is 1. The van der Waals surface area contributed by atoms with Crippen LogP contribution < -0.4 is 5.32 Å². The van der Waals surface area contributed by atoms with Crippen molar-refractivity contribution in [3.05, 3.63) is 0 Å². The van der Waals surface area contributed by atoms with E-state index >= 15 is 0 Å². The highest BCUT2D eigenvalue weighted by Crippen LogP contribution is 2.14. The molecule has 2 amide bonds. The predicted octanol–water partition coefficient (Wildman–Crippen LogP) is 0.222. The number of nitrogens with zero attached hydrogens (tertiary/aromatic N) is 1. The molecule has 1 fully saturated rings. The first-order valence-electron chi connectivity index (χ1n) is 5.23. The molecular weight excluding hydrogens is 212 g/mol. The van der Waals surface area contributed by atoms with Crippen LogP contribution in [-0.2, 0) is 9.59 Å². The average Bonchev–Trinajstić information content (AvgIpc) is 2.16. The van der Waals surface area contributed by atoms with Gasteiger partial charge in [0.05, 0.1) is 0 Å². The summed E-state index contributed by atoms with van der Waals surface area (Å²) in [5.74, 6) is -1.24. The van der Waals surface area contributed by atoms with Gasteiger partial charge in [-0.15, -0.1) is 0 Å². The van der Waals surface area contributed by atoms with Gasteiger partial charge in [-0.2, -0.15) is 0 Å². The van der Waals surface area contributed by atoms with Gasteiger partial charge in [-0.1, -0.05) is 0 Å². The van der Waals surface area contributed by atoms with Crippen molar-refractivity contribution in [1.29, 1.82) is 0 Å². The van der Waals surface area contributed by atoms with Crippen molar-refractivity contribution in [2.24, 2.45) is 0 Å². The molecule has 6 heteroatoms. The Morgan fingerprint density at radius 3 is 2.62 bits per heavy atom. The number of rotatable bonds is 2. The Balaban J connectivity index is 2.72. The van der Waals surface area contributed by atoms with Gasteiger partial charge in [0.2, 0.25) is 0 Å². The van der Waals surface area contributed by atoms with E-state index < -0.39 is 18.0 Å². The molecule has 6 nitrogen and oxygen atoms in total. The van der Waals surface area contributed by atoms with Gasteiger partial charge in [0.25, 0.3) is 0 Å². The summed E-state index contributed by atoms with van der Waals surface area (Å²) in [6.45, 7) is 3.76. The fraction of sp³-hybridized carbons (Fsp3) is 0.700. The number of carbonyl (C=O) groups is 3. The van der Waals surface area contributed by atoms with Crippen LogP contribution in [0.5, 0.6) is 0 Å². The Bertz CT molecular complexity index is 314. The lowest BCUT2D eigenvalue weighted by atomic mass is 10.0. The van der Waals surface area contributed by atoms with Crippen LogP contribution in [0.15, 0.2) is 0 Å². The second-order valence-corrected chi connectivity index (χ2v) is 4.14. The smallest absolute Gasteiger partial charge is 0.326 e. The summed E-state index contributed by atoms with van der Waals surface area (Å²) in [5, 5.41) is 11.6. The van der Waals surface area contributed by atoms with Gasteiger partial charge in [-0.25, -0.2) is 9.59 Å². The normalized spacial score (nSPS) is 21.1. The molecule has 1 unspecified atom stereocenters. The highest BCUT2D eigenvalue weighted by atomic mass is 16.4. The molecule has 90 valence electrons. The maximum atomic E-state index is 11.7. The third-order valence-corrected chi connectivity index (χ3v) is 2.39. The van der Waals surface area contributed by atoms with Crippen LogP contribution in [0.3, 0.4) is 0 Å². The van der Waals surface area contributed by atoms with E-state index in [1.54, 1.807) is 13.8 Å². The number of hydrogen-bond acceptors (Lipinski definition) is 3. The minimum atomic E-state index is -1.13. The Labute approximate surface area is 93.6 Å². The maximum Gasteiger partial charge on any atom is 0.326 e. The molecule has 0 aromatic heterocycles. The molecule has 2 N–H and O–H groups in total. The van der Waals surface area contributed by atoms with E-state index in [-0.39, 0.29) is 31.2 Å². The molecule has 0 aromatic rings. The van der Waals surface area contributed by atoms with Gasteiger partial charge in [-0.3, -0.25) is 4.79 Å². The van der Waals surface area contributed by atoms with Crippen molar-refractivity contribution in [2.75, 3.05) is 6.54 Å². The largest absolute Gasteiger partial charge is 0.480 e. The number of likely N-dealkylation sites (tertiary alicyclic amines) is 1. The molecule has 0 radical (unpaired) electrons. The van der Waals surface area contributed by atoms with E-state index in [9.17, 15) is 14.4 Å². The van der Waals surface area contributed by atoms with E-state index in [0.717, 1.165) is 0 Å². The van der Waals surface area contributed by atoms with Crippen LogP contribution in [0.4, 0.5) is 4.79 Å². The molecule has 1 saturated heterocycles. The zero-order chi connectivity index (χ0) is 12.3. The van der Waals surface area contributed by atoms with Crippen molar-refractivity contribution in [3.8, 4) is 0 Å². The number of urea groups is 1. The summed E-state index contributed by atoms with van der Waals surface area (Å²) in [6.07, 6.45) is 0.135. The van der Waals surface area contributed by atoms with Crippen LogP contribution in [0.1, 0.15) is 26.7 Å². The van der Waals surface area contributed by atoms with Crippen LogP contribution in [0.25, 0.3) is 0 Å². The average molecular weight is 228 g/mol. The zero-order valence-corrected chi connectivity index (χ0v) is 9.40. The molecule has 1 rings (SSSR count). The second kappa shape index (κ2) is 4.96. The molecule has 0 spiro atoms. The first kappa shape index (κ1) is 12.5. The van der Waals surface area contributed by atoms with E-state index in [1.807, 2.05) is 0 Å². The number of carboxylic acid groups (broad SMARTS) is 1. The Kier molecular flexibility index (Phi) is 3.87. The van der Waals surface area contributed by atoms with Gasteiger partial charge >= 0.3 is 12.0 Å². The van der Waals surface area contributed by atoms with Crippen molar-refractivity contribution in [2.45, 2.75) is 38.8 Å². The number of amides is 2. The molecule has 0 saturated carbocycles. The summed E-state index contributed by atoms with van der Waals surface area (Å²) in [6, 6.07) is -1.51. The second-order valence-electron chi connectivity index (χ2n) is 4.14. The molecule has 16 heavy (non-hydrogen) atoms. The molecule has 1 aliphatic rings. The minimum absolute atomic E-state index is 0.0560. The number of aliphatic carboxylic acids is 1. The molecule has 1 heterocycles. The number of carboxylic acids is 1. The Hall–Kier alpha value is -1.59. The summed E-state index contributed by atoms with van der Waals surface area (Å²) in [4.78, 5) is 35.0. The van der Waals surface area contributed by atoms with Crippen LogP contribution in [0.2, 0.25) is 0 Å². The summed E-state index contributed by atoms with van der Waals surface area (Å²) < 4.78 is 0. The van der Waals surface area contributed by atoms with Crippen molar-refractivity contribution in [3.63, 3.8) is 0 Å². The molecule has 0 bridgehead atoms. The van der Waals surface area contributed by atoms with Crippen molar-refractivity contribution < 1.29 is 19.5 Å². The molecule has 0 aromatic carbocycles. The number of Topliss-reactive ketones (excluding diaryl/α,β-unsaturated/α-hetero) is 1. The number of carbonyl (C=O) groups excluding carboxylic acids is 2. The summed E-state index contributed by atoms with van der Waals surface area (Å²) >= 11 is 0. The highest BCUT2D eigenvalue weighted by Gasteiger charge is 2.35. The lowest BCUT2D eigenvalue weighted by Crippen LogP contribution is -2.54. The first-order chi connectivity index (χ1) is 7.41. The number of hydrogen-bond donors (Lipinski definition) is 2. The fourth-order valence-electron chi connectivity index (χ4n) is 1.62. The quantitative estimate of drug-likeness (QED) is 0.708.